The number of likely N-dealkylation sites (tertiary alicyclic amines) is 1. The Morgan fingerprint density at radius 2 is 2.15 bits per heavy atom. The van der Waals surface area contributed by atoms with Crippen molar-refractivity contribution < 1.29 is 4.42 Å². The van der Waals surface area contributed by atoms with Crippen molar-refractivity contribution in [1.82, 2.24) is 4.90 Å². The highest BCUT2D eigenvalue weighted by Crippen LogP contribution is 2.14. The van der Waals surface area contributed by atoms with Crippen LogP contribution in [0.5, 0.6) is 0 Å². The number of rotatable bonds is 3. The van der Waals surface area contributed by atoms with Crippen LogP contribution in [-0.4, -0.2) is 18.0 Å². The molecule has 3 nitrogen and oxygen atoms in total. The Kier molecular flexibility index (Phi) is 2.66. The lowest BCUT2D eigenvalue weighted by Crippen LogP contribution is -2.17. The summed E-state index contributed by atoms with van der Waals surface area (Å²) in [7, 11) is 0. The molecule has 1 saturated heterocycles. The second kappa shape index (κ2) is 3.94. The lowest BCUT2D eigenvalue weighted by Gasteiger charge is -2.11. The Hall–Kier alpha value is -0.800. The van der Waals surface area contributed by atoms with Gasteiger partial charge in [-0.2, -0.15) is 0 Å². The molecule has 1 aromatic rings. The normalized spacial score (nSPS) is 18.2. The Morgan fingerprint density at radius 3 is 2.77 bits per heavy atom. The van der Waals surface area contributed by atoms with E-state index in [4.69, 9.17) is 10.2 Å². The van der Waals surface area contributed by atoms with E-state index in [1.807, 2.05) is 6.26 Å². The molecule has 0 amide bonds. The monoisotopic (exact) mass is 180 g/mol. The van der Waals surface area contributed by atoms with Gasteiger partial charge < -0.3 is 10.2 Å². The van der Waals surface area contributed by atoms with Gasteiger partial charge in [-0.25, -0.2) is 0 Å². The molecule has 0 unspecified atom stereocenters. The van der Waals surface area contributed by atoms with Gasteiger partial charge in [0.25, 0.3) is 0 Å². The summed E-state index contributed by atoms with van der Waals surface area (Å²) in [5.74, 6) is 0.884. The number of nitrogens with two attached hydrogens (primary N) is 1. The van der Waals surface area contributed by atoms with Crippen molar-refractivity contribution in [3.05, 3.63) is 23.7 Å². The zero-order valence-corrected chi connectivity index (χ0v) is 7.83. The highest BCUT2D eigenvalue weighted by atomic mass is 16.3. The van der Waals surface area contributed by atoms with Crippen molar-refractivity contribution in [1.29, 1.82) is 0 Å². The van der Waals surface area contributed by atoms with Crippen LogP contribution in [0.1, 0.15) is 24.2 Å². The molecule has 0 aromatic carbocycles. The van der Waals surface area contributed by atoms with E-state index in [0.29, 0.717) is 6.54 Å². The smallest absolute Gasteiger partial charge is 0.117 e. The Balaban J connectivity index is 1.92. The van der Waals surface area contributed by atoms with Crippen molar-refractivity contribution >= 4 is 0 Å². The van der Waals surface area contributed by atoms with Crippen molar-refractivity contribution in [2.45, 2.75) is 25.9 Å². The molecular formula is C10H16N2O. The fraction of sp³-hybridized carbons (Fsp3) is 0.600. The zero-order valence-electron chi connectivity index (χ0n) is 7.83. The van der Waals surface area contributed by atoms with Crippen LogP contribution in [0.25, 0.3) is 0 Å². The molecule has 1 aliphatic rings. The van der Waals surface area contributed by atoms with Crippen LogP contribution in [-0.2, 0) is 13.1 Å². The molecule has 0 spiro atoms. The Bertz CT molecular complexity index is 264. The van der Waals surface area contributed by atoms with Gasteiger partial charge in [0.05, 0.1) is 12.8 Å². The minimum atomic E-state index is 0.500. The van der Waals surface area contributed by atoms with Gasteiger partial charge >= 0.3 is 0 Å². The molecule has 1 fully saturated rings. The van der Waals surface area contributed by atoms with Gasteiger partial charge in [-0.05, 0) is 32.0 Å². The molecule has 2 N–H and O–H groups in total. The summed E-state index contributed by atoms with van der Waals surface area (Å²) in [5.41, 5.74) is 6.72. The number of furan rings is 1. The predicted octanol–water partition coefficient (Wildman–Crippen LogP) is 1.33. The van der Waals surface area contributed by atoms with Gasteiger partial charge in [0.15, 0.2) is 0 Å². The second-order valence-corrected chi connectivity index (χ2v) is 3.61. The molecule has 1 aromatic heterocycles. The first-order chi connectivity index (χ1) is 6.38. The summed E-state index contributed by atoms with van der Waals surface area (Å²) in [5, 5.41) is 0. The van der Waals surface area contributed by atoms with E-state index in [2.05, 4.69) is 11.0 Å². The molecule has 2 rings (SSSR count). The van der Waals surface area contributed by atoms with Crippen LogP contribution in [0.3, 0.4) is 0 Å². The third kappa shape index (κ3) is 2.11. The van der Waals surface area contributed by atoms with Crippen molar-refractivity contribution in [3.8, 4) is 0 Å². The first kappa shape index (κ1) is 8.78. The summed E-state index contributed by atoms with van der Waals surface area (Å²) >= 11 is 0. The van der Waals surface area contributed by atoms with E-state index in [-0.39, 0.29) is 0 Å². The van der Waals surface area contributed by atoms with E-state index in [1.54, 1.807) is 0 Å². The molecule has 0 atom stereocenters. The summed E-state index contributed by atoms with van der Waals surface area (Å²) in [4.78, 5) is 2.45. The van der Waals surface area contributed by atoms with Crippen LogP contribution in [0.4, 0.5) is 0 Å². The third-order valence-electron chi connectivity index (χ3n) is 2.51. The molecule has 0 radical (unpaired) electrons. The summed E-state index contributed by atoms with van der Waals surface area (Å²) in [6, 6.07) is 2.05. The minimum Gasteiger partial charge on any atom is -0.468 e. The summed E-state index contributed by atoms with van der Waals surface area (Å²) in [6.45, 7) is 3.97. The van der Waals surface area contributed by atoms with Gasteiger partial charge in [0, 0.05) is 12.1 Å². The lowest BCUT2D eigenvalue weighted by molar-refractivity contribution is 0.330. The zero-order chi connectivity index (χ0) is 9.10. The van der Waals surface area contributed by atoms with Crippen LogP contribution in [0.15, 0.2) is 16.7 Å². The summed E-state index contributed by atoms with van der Waals surface area (Å²) < 4.78 is 5.27. The van der Waals surface area contributed by atoms with Gasteiger partial charge in [-0.3, -0.25) is 4.90 Å². The van der Waals surface area contributed by atoms with E-state index < -0.39 is 0 Å². The van der Waals surface area contributed by atoms with Crippen LogP contribution >= 0.6 is 0 Å². The van der Waals surface area contributed by atoms with E-state index in [9.17, 15) is 0 Å². The number of hydrogen-bond donors (Lipinski definition) is 1. The van der Waals surface area contributed by atoms with Gasteiger partial charge in [0.2, 0.25) is 0 Å². The number of nitrogens with zero attached hydrogens (tertiary/aromatic N) is 1. The summed E-state index contributed by atoms with van der Waals surface area (Å²) in [6.07, 6.45) is 4.49. The Labute approximate surface area is 78.5 Å². The molecule has 1 aliphatic heterocycles. The van der Waals surface area contributed by atoms with Crippen LogP contribution in [0, 0.1) is 0 Å². The quantitative estimate of drug-likeness (QED) is 0.763. The molecular weight excluding hydrogens is 164 g/mol. The van der Waals surface area contributed by atoms with E-state index in [0.717, 1.165) is 12.3 Å². The average Bonchev–Trinajstić information content (AvgIpc) is 2.76. The van der Waals surface area contributed by atoms with Crippen molar-refractivity contribution in [3.63, 3.8) is 0 Å². The highest BCUT2D eigenvalue weighted by molar-refractivity contribution is 5.12. The van der Waals surface area contributed by atoms with Gasteiger partial charge in [-0.15, -0.1) is 0 Å². The third-order valence-corrected chi connectivity index (χ3v) is 2.51. The number of hydrogen-bond acceptors (Lipinski definition) is 3. The molecule has 0 aliphatic carbocycles. The van der Waals surface area contributed by atoms with Crippen LogP contribution < -0.4 is 5.73 Å². The average molecular weight is 180 g/mol. The first-order valence-corrected chi connectivity index (χ1v) is 4.87. The second-order valence-electron chi connectivity index (χ2n) is 3.61. The molecule has 0 saturated carbocycles. The molecule has 2 heterocycles. The minimum absolute atomic E-state index is 0.500. The molecule has 72 valence electrons. The van der Waals surface area contributed by atoms with Gasteiger partial charge in [-0.1, -0.05) is 0 Å². The standard InChI is InChI=1S/C10H16N2O/c11-6-10-5-9(8-13-10)7-12-3-1-2-4-12/h5,8H,1-4,6-7,11H2. The van der Waals surface area contributed by atoms with E-state index in [1.165, 1.54) is 31.5 Å². The Morgan fingerprint density at radius 1 is 1.38 bits per heavy atom. The maximum atomic E-state index is 5.46. The first-order valence-electron chi connectivity index (χ1n) is 4.87. The fourth-order valence-electron chi connectivity index (χ4n) is 1.82. The molecule has 0 bridgehead atoms. The van der Waals surface area contributed by atoms with Crippen molar-refractivity contribution in [2.75, 3.05) is 13.1 Å². The maximum absolute atomic E-state index is 5.46. The van der Waals surface area contributed by atoms with E-state index >= 15 is 0 Å². The lowest BCUT2D eigenvalue weighted by atomic mass is 10.3. The maximum Gasteiger partial charge on any atom is 0.117 e. The largest absolute Gasteiger partial charge is 0.468 e. The molecule has 3 heteroatoms. The van der Waals surface area contributed by atoms with Crippen LogP contribution in [0.2, 0.25) is 0 Å². The van der Waals surface area contributed by atoms with Gasteiger partial charge in [0.1, 0.15) is 5.76 Å². The fourth-order valence-corrected chi connectivity index (χ4v) is 1.82. The topological polar surface area (TPSA) is 42.4 Å². The highest BCUT2D eigenvalue weighted by Gasteiger charge is 2.12. The predicted molar refractivity (Wildman–Crippen MR) is 51.1 cm³/mol. The SMILES string of the molecule is NCc1cc(CN2CCCC2)co1. The molecule has 13 heavy (non-hydrogen) atoms. The van der Waals surface area contributed by atoms with Crippen molar-refractivity contribution in [2.24, 2.45) is 5.73 Å².